The number of rotatable bonds is 6. The SMILES string of the molecule is CC(C)[C@H](N)C(=O)NCc1cccc(CN2CCCC2)c1. The zero-order valence-corrected chi connectivity index (χ0v) is 13.1. The second-order valence-electron chi connectivity index (χ2n) is 6.29. The van der Waals surface area contributed by atoms with E-state index in [1.165, 1.54) is 31.5 Å². The van der Waals surface area contributed by atoms with E-state index in [2.05, 4.69) is 34.5 Å². The monoisotopic (exact) mass is 289 g/mol. The van der Waals surface area contributed by atoms with Gasteiger partial charge in [0, 0.05) is 13.1 Å². The third-order valence-electron chi connectivity index (χ3n) is 4.08. The molecule has 2 rings (SSSR count). The molecule has 21 heavy (non-hydrogen) atoms. The fourth-order valence-corrected chi connectivity index (χ4v) is 2.65. The predicted octanol–water partition coefficient (Wildman–Crippen LogP) is 1.88. The molecule has 1 amide bonds. The summed E-state index contributed by atoms with van der Waals surface area (Å²) in [4.78, 5) is 14.4. The van der Waals surface area contributed by atoms with Crippen molar-refractivity contribution in [3.63, 3.8) is 0 Å². The lowest BCUT2D eigenvalue weighted by Gasteiger charge is -2.17. The van der Waals surface area contributed by atoms with Gasteiger partial charge in [-0.05, 0) is 43.0 Å². The smallest absolute Gasteiger partial charge is 0.237 e. The van der Waals surface area contributed by atoms with Gasteiger partial charge in [0.25, 0.3) is 0 Å². The van der Waals surface area contributed by atoms with Gasteiger partial charge in [0.2, 0.25) is 5.91 Å². The Hall–Kier alpha value is -1.39. The second kappa shape index (κ2) is 7.57. The molecule has 1 aliphatic heterocycles. The molecular weight excluding hydrogens is 262 g/mol. The van der Waals surface area contributed by atoms with Gasteiger partial charge in [-0.3, -0.25) is 9.69 Å². The molecule has 0 spiro atoms. The van der Waals surface area contributed by atoms with E-state index in [1.54, 1.807) is 0 Å². The van der Waals surface area contributed by atoms with Crippen LogP contribution >= 0.6 is 0 Å². The summed E-state index contributed by atoms with van der Waals surface area (Å²) in [6.45, 7) is 7.87. The Labute approximate surface area is 127 Å². The van der Waals surface area contributed by atoms with Crippen LogP contribution < -0.4 is 11.1 Å². The highest BCUT2D eigenvalue weighted by molar-refractivity contribution is 5.81. The van der Waals surface area contributed by atoms with Crippen LogP contribution in [0.25, 0.3) is 0 Å². The van der Waals surface area contributed by atoms with Crippen LogP contribution in [0.3, 0.4) is 0 Å². The Morgan fingerprint density at radius 3 is 2.62 bits per heavy atom. The molecule has 4 nitrogen and oxygen atoms in total. The molecular formula is C17H27N3O. The number of nitrogens with one attached hydrogen (secondary N) is 1. The van der Waals surface area contributed by atoms with Crippen LogP contribution in [0.1, 0.15) is 37.8 Å². The largest absolute Gasteiger partial charge is 0.351 e. The molecule has 1 aromatic rings. The molecule has 1 heterocycles. The normalized spacial score (nSPS) is 17.1. The van der Waals surface area contributed by atoms with Gasteiger partial charge < -0.3 is 11.1 Å². The molecule has 0 aliphatic carbocycles. The van der Waals surface area contributed by atoms with Gasteiger partial charge >= 0.3 is 0 Å². The molecule has 0 radical (unpaired) electrons. The molecule has 3 N–H and O–H groups in total. The Morgan fingerprint density at radius 2 is 1.95 bits per heavy atom. The number of hydrogen-bond acceptors (Lipinski definition) is 3. The molecule has 1 fully saturated rings. The third kappa shape index (κ3) is 4.83. The van der Waals surface area contributed by atoms with Crippen molar-refractivity contribution in [3.05, 3.63) is 35.4 Å². The summed E-state index contributed by atoms with van der Waals surface area (Å²) in [5.41, 5.74) is 8.30. The van der Waals surface area contributed by atoms with E-state index in [9.17, 15) is 4.79 Å². The molecule has 1 aromatic carbocycles. The molecule has 0 aromatic heterocycles. The zero-order valence-electron chi connectivity index (χ0n) is 13.1. The number of nitrogens with zero attached hydrogens (tertiary/aromatic N) is 1. The Bertz CT molecular complexity index is 467. The van der Waals surface area contributed by atoms with Crippen LogP contribution in [0, 0.1) is 5.92 Å². The molecule has 0 unspecified atom stereocenters. The highest BCUT2D eigenvalue weighted by Crippen LogP contribution is 2.14. The van der Waals surface area contributed by atoms with Gasteiger partial charge in [-0.25, -0.2) is 0 Å². The summed E-state index contributed by atoms with van der Waals surface area (Å²) < 4.78 is 0. The van der Waals surface area contributed by atoms with Crippen molar-refractivity contribution in [2.24, 2.45) is 11.7 Å². The quantitative estimate of drug-likeness (QED) is 0.840. The van der Waals surface area contributed by atoms with E-state index in [-0.39, 0.29) is 11.8 Å². The van der Waals surface area contributed by atoms with E-state index < -0.39 is 6.04 Å². The van der Waals surface area contributed by atoms with E-state index in [0.717, 1.165) is 12.1 Å². The third-order valence-corrected chi connectivity index (χ3v) is 4.08. The molecule has 116 valence electrons. The standard InChI is InChI=1S/C17H27N3O/c1-13(2)16(18)17(21)19-11-14-6-5-7-15(10-14)12-20-8-3-4-9-20/h5-7,10,13,16H,3-4,8-9,11-12,18H2,1-2H3,(H,19,21)/t16-/m0/s1. The number of benzene rings is 1. The van der Waals surface area contributed by atoms with Crippen molar-refractivity contribution in [2.45, 2.75) is 45.8 Å². The zero-order chi connectivity index (χ0) is 15.2. The Balaban J connectivity index is 1.87. The van der Waals surface area contributed by atoms with Gasteiger partial charge in [-0.15, -0.1) is 0 Å². The number of nitrogens with two attached hydrogens (primary N) is 1. The van der Waals surface area contributed by atoms with Gasteiger partial charge in [0.15, 0.2) is 0 Å². The fourth-order valence-electron chi connectivity index (χ4n) is 2.65. The fraction of sp³-hybridized carbons (Fsp3) is 0.588. The van der Waals surface area contributed by atoms with Crippen LogP contribution in [0.15, 0.2) is 24.3 Å². The number of carbonyl (C=O) groups excluding carboxylic acids is 1. The van der Waals surface area contributed by atoms with Crippen molar-refractivity contribution in [2.75, 3.05) is 13.1 Å². The average molecular weight is 289 g/mol. The van der Waals surface area contributed by atoms with E-state index in [0.29, 0.717) is 6.54 Å². The van der Waals surface area contributed by atoms with Gasteiger partial charge in [-0.1, -0.05) is 38.1 Å². The lowest BCUT2D eigenvalue weighted by Crippen LogP contribution is -2.43. The Kier molecular flexibility index (Phi) is 5.76. The van der Waals surface area contributed by atoms with Gasteiger partial charge in [0.05, 0.1) is 6.04 Å². The van der Waals surface area contributed by atoms with Gasteiger partial charge in [0.1, 0.15) is 0 Å². The number of hydrogen-bond donors (Lipinski definition) is 2. The minimum absolute atomic E-state index is 0.0741. The first kappa shape index (κ1) is 16.0. The summed E-state index contributed by atoms with van der Waals surface area (Å²) in [6.07, 6.45) is 2.62. The van der Waals surface area contributed by atoms with Crippen molar-refractivity contribution >= 4 is 5.91 Å². The minimum atomic E-state index is -0.433. The summed E-state index contributed by atoms with van der Waals surface area (Å²) >= 11 is 0. The lowest BCUT2D eigenvalue weighted by atomic mass is 10.0. The molecule has 0 bridgehead atoms. The number of carbonyl (C=O) groups is 1. The maximum Gasteiger partial charge on any atom is 0.237 e. The lowest BCUT2D eigenvalue weighted by molar-refractivity contribution is -0.123. The van der Waals surface area contributed by atoms with E-state index in [1.807, 2.05) is 13.8 Å². The first-order valence-electron chi connectivity index (χ1n) is 7.89. The molecule has 1 saturated heterocycles. The van der Waals surface area contributed by atoms with Crippen LogP contribution in [0.2, 0.25) is 0 Å². The first-order chi connectivity index (χ1) is 10.1. The van der Waals surface area contributed by atoms with Crippen LogP contribution in [0.4, 0.5) is 0 Å². The molecule has 4 heteroatoms. The Morgan fingerprint density at radius 1 is 1.29 bits per heavy atom. The summed E-state index contributed by atoms with van der Waals surface area (Å²) in [7, 11) is 0. The molecule has 0 saturated carbocycles. The summed E-state index contributed by atoms with van der Waals surface area (Å²) in [5, 5.41) is 2.92. The van der Waals surface area contributed by atoms with E-state index >= 15 is 0 Å². The number of likely N-dealkylation sites (tertiary alicyclic amines) is 1. The maximum absolute atomic E-state index is 11.9. The highest BCUT2D eigenvalue weighted by Gasteiger charge is 2.16. The second-order valence-corrected chi connectivity index (χ2v) is 6.29. The van der Waals surface area contributed by atoms with Crippen molar-refractivity contribution < 1.29 is 4.79 Å². The summed E-state index contributed by atoms with van der Waals surface area (Å²) in [6, 6.07) is 8.02. The highest BCUT2D eigenvalue weighted by atomic mass is 16.2. The summed E-state index contributed by atoms with van der Waals surface area (Å²) in [5.74, 6) is 0.0847. The average Bonchev–Trinajstić information content (AvgIpc) is 2.97. The van der Waals surface area contributed by atoms with Crippen LogP contribution in [-0.2, 0) is 17.9 Å². The minimum Gasteiger partial charge on any atom is -0.351 e. The number of amides is 1. The van der Waals surface area contributed by atoms with Gasteiger partial charge in [-0.2, -0.15) is 0 Å². The topological polar surface area (TPSA) is 58.4 Å². The van der Waals surface area contributed by atoms with Crippen LogP contribution in [0.5, 0.6) is 0 Å². The molecule has 1 aliphatic rings. The van der Waals surface area contributed by atoms with Crippen molar-refractivity contribution in [3.8, 4) is 0 Å². The van der Waals surface area contributed by atoms with Crippen LogP contribution in [-0.4, -0.2) is 29.9 Å². The molecule has 1 atom stereocenters. The van der Waals surface area contributed by atoms with Crippen molar-refractivity contribution in [1.29, 1.82) is 0 Å². The first-order valence-corrected chi connectivity index (χ1v) is 7.89. The predicted molar refractivity (Wildman–Crippen MR) is 85.6 cm³/mol. The van der Waals surface area contributed by atoms with E-state index in [4.69, 9.17) is 5.73 Å². The maximum atomic E-state index is 11.9. The van der Waals surface area contributed by atoms with Crippen molar-refractivity contribution in [1.82, 2.24) is 10.2 Å².